The standard InChI is InChI=1S/C20H29N5O/c1-15-14-25(13-11-18(15)17-8-5-4-6-9-17)20(21-3)22-12-7-10-19-23-16(2)24-26-19/h4-6,8-9,15,18H,7,10-14H2,1-3H3,(H,21,22). The molecule has 0 saturated carbocycles. The van der Waals surface area contributed by atoms with Gasteiger partial charge in [0.1, 0.15) is 0 Å². The molecule has 6 heteroatoms. The summed E-state index contributed by atoms with van der Waals surface area (Å²) in [5, 5.41) is 7.30. The summed E-state index contributed by atoms with van der Waals surface area (Å²) in [5.74, 6) is 3.62. The van der Waals surface area contributed by atoms with Gasteiger partial charge in [-0.05, 0) is 37.2 Å². The van der Waals surface area contributed by atoms with Crippen LogP contribution in [-0.2, 0) is 6.42 Å². The van der Waals surface area contributed by atoms with Gasteiger partial charge in [0, 0.05) is 33.1 Å². The smallest absolute Gasteiger partial charge is 0.226 e. The van der Waals surface area contributed by atoms with Gasteiger partial charge in [-0.3, -0.25) is 4.99 Å². The van der Waals surface area contributed by atoms with Crippen LogP contribution < -0.4 is 5.32 Å². The summed E-state index contributed by atoms with van der Waals surface area (Å²) in [6.45, 7) is 7.10. The van der Waals surface area contributed by atoms with Crippen molar-refractivity contribution in [2.45, 2.75) is 39.0 Å². The third kappa shape index (κ3) is 4.62. The minimum atomic E-state index is 0.603. The molecule has 1 fully saturated rings. The van der Waals surface area contributed by atoms with Crippen LogP contribution in [-0.4, -0.2) is 47.7 Å². The second-order valence-corrected chi connectivity index (χ2v) is 7.04. The molecule has 2 unspecified atom stereocenters. The molecule has 1 aromatic heterocycles. The first-order valence-electron chi connectivity index (χ1n) is 9.47. The Balaban J connectivity index is 1.47. The molecule has 6 nitrogen and oxygen atoms in total. The molecule has 0 amide bonds. The first kappa shape index (κ1) is 18.4. The first-order valence-corrected chi connectivity index (χ1v) is 9.47. The maximum absolute atomic E-state index is 5.15. The molecule has 26 heavy (non-hydrogen) atoms. The Morgan fingerprint density at radius 3 is 2.81 bits per heavy atom. The number of nitrogens with zero attached hydrogens (tertiary/aromatic N) is 4. The van der Waals surface area contributed by atoms with E-state index >= 15 is 0 Å². The first-order chi connectivity index (χ1) is 12.7. The largest absolute Gasteiger partial charge is 0.356 e. The summed E-state index contributed by atoms with van der Waals surface area (Å²) in [5.41, 5.74) is 1.46. The minimum Gasteiger partial charge on any atom is -0.356 e. The number of piperidine rings is 1. The van der Waals surface area contributed by atoms with E-state index in [-0.39, 0.29) is 0 Å². The zero-order valence-electron chi connectivity index (χ0n) is 16.0. The van der Waals surface area contributed by atoms with Crippen molar-refractivity contribution in [3.05, 3.63) is 47.6 Å². The second kappa shape index (κ2) is 8.83. The van der Waals surface area contributed by atoms with Gasteiger partial charge in [0.25, 0.3) is 0 Å². The van der Waals surface area contributed by atoms with E-state index in [0.717, 1.165) is 44.9 Å². The minimum absolute atomic E-state index is 0.603. The molecule has 3 rings (SSSR count). The van der Waals surface area contributed by atoms with Crippen molar-refractivity contribution in [3.63, 3.8) is 0 Å². The van der Waals surface area contributed by atoms with Crippen LogP contribution in [0.2, 0.25) is 0 Å². The molecule has 1 aromatic carbocycles. The summed E-state index contributed by atoms with van der Waals surface area (Å²) in [6.07, 6.45) is 2.89. The normalized spacial score (nSPS) is 21.0. The Hall–Kier alpha value is -2.37. The Kier molecular flexibility index (Phi) is 6.26. The van der Waals surface area contributed by atoms with Crippen molar-refractivity contribution in [3.8, 4) is 0 Å². The molecule has 1 aliphatic rings. The zero-order valence-corrected chi connectivity index (χ0v) is 16.0. The van der Waals surface area contributed by atoms with Crippen LogP contribution in [0.15, 0.2) is 39.8 Å². The van der Waals surface area contributed by atoms with Crippen LogP contribution in [0.5, 0.6) is 0 Å². The highest BCUT2D eigenvalue weighted by Gasteiger charge is 2.28. The maximum atomic E-state index is 5.15. The Labute approximate surface area is 155 Å². The number of hydrogen-bond donors (Lipinski definition) is 1. The maximum Gasteiger partial charge on any atom is 0.226 e. The average Bonchev–Trinajstić information content (AvgIpc) is 3.07. The van der Waals surface area contributed by atoms with Crippen molar-refractivity contribution in [1.29, 1.82) is 0 Å². The van der Waals surface area contributed by atoms with E-state index in [4.69, 9.17) is 4.52 Å². The van der Waals surface area contributed by atoms with Gasteiger partial charge in [0.05, 0.1) is 0 Å². The molecule has 1 N–H and O–H groups in total. The van der Waals surface area contributed by atoms with Crippen LogP contribution in [0.3, 0.4) is 0 Å². The molecule has 0 bridgehead atoms. The highest BCUT2D eigenvalue weighted by atomic mass is 16.5. The summed E-state index contributed by atoms with van der Waals surface area (Å²) in [7, 11) is 1.86. The van der Waals surface area contributed by atoms with Crippen LogP contribution in [0.25, 0.3) is 0 Å². The molecule has 2 atom stereocenters. The number of aromatic nitrogens is 2. The van der Waals surface area contributed by atoms with Gasteiger partial charge in [-0.15, -0.1) is 0 Å². The summed E-state index contributed by atoms with van der Waals surface area (Å²) in [6, 6.07) is 10.9. The number of likely N-dealkylation sites (tertiary alicyclic amines) is 1. The lowest BCUT2D eigenvalue weighted by Crippen LogP contribution is -2.48. The van der Waals surface area contributed by atoms with E-state index in [1.165, 1.54) is 5.56 Å². The van der Waals surface area contributed by atoms with Gasteiger partial charge in [0.15, 0.2) is 11.8 Å². The number of benzene rings is 1. The molecule has 2 heterocycles. The van der Waals surface area contributed by atoms with E-state index in [0.29, 0.717) is 23.6 Å². The molecule has 0 spiro atoms. The summed E-state index contributed by atoms with van der Waals surface area (Å²) < 4.78 is 5.15. The van der Waals surface area contributed by atoms with E-state index in [2.05, 4.69) is 62.6 Å². The monoisotopic (exact) mass is 355 g/mol. The quantitative estimate of drug-likeness (QED) is 0.507. The summed E-state index contributed by atoms with van der Waals surface area (Å²) in [4.78, 5) is 11.1. The number of hydrogen-bond acceptors (Lipinski definition) is 4. The topological polar surface area (TPSA) is 66.5 Å². The highest BCUT2D eigenvalue weighted by molar-refractivity contribution is 5.80. The molecule has 1 saturated heterocycles. The Morgan fingerprint density at radius 2 is 2.15 bits per heavy atom. The molecule has 140 valence electrons. The lowest BCUT2D eigenvalue weighted by molar-refractivity contribution is 0.234. The fourth-order valence-electron chi connectivity index (χ4n) is 3.75. The van der Waals surface area contributed by atoms with Crippen molar-refractivity contribution in [2.24, 2.45) is 10.9 Å². The van der Waals surface area contributed by atoms with Crippen LogP contribution in [0.4, 0.5) is 0 Å². The molecule has 0 aliphatic carbocycles. The predicted molar refractivity (Wildman–Crippen MR) is 103 cm³/mol. The van der Waals surface area contributed by atoms with Crippen molar-refractivity contribution in [2.75, 3.05) is 26.7 Å². The number of guanidine groups is 1. The fourth-order valence-corrected chi connectivity index (χ4v) is 3.75. The predicted octanol–water partition coefficient (Wildman–Crippen LogP) is 3.01. The number of aliphatic imine (C=N–C) groups is 1. The van der Waals surface area contributed by atoms with Crippen LogP contribution in [0, 0.1) is 12.8 Å². The van der Waals surface area contributed by atoms with Gasteiger partial charge >= 0.3 is 0 Å². The van der Waals surface area contributed by atoms with Gasteiger partial charge in [-0.1, -0.05) is 42.4 Å². The number of aryl methyl sites for hydroxylation is 2. The second-order valence-electron chi connectivity index (χ2n) is 7.04. The molecule has 2 aromatic rings. The lowest BCUT2D eigenvalue weighted by atomic mass is 9.82. The Morgan fingerprint density at radius 1 is 1.35 bits per heavy atom. The fraction of sp³-hybridized carbons (Fsp3) is 0.550. The van der Waals surface area contributed by atoms with Gasteiger partial charge in [-0.25, -0.2) is 0 Å². The van der Waals surface area contributed by atoms with E-state index < -0.39 is 0 Å². The molecular weight excluding hydrogens is 326 g/mol. The van der Waals surface area contributed by atoms with Crippen molar-refractivity contribution < 1.29 is 4.52 Å². The number of nitrogens with one attached hydrogen (secondary N) is 1. The molecule has 1 aliphatic heterocycles. The third-order valence-corrected chi connectivity index (χ3v) is 5.06. The molecule has 0 radical (unpaired) electrons. The van der Waals surface area contributed by atoms with E-state index in [9.17, 15) is 0 Å². The molecular formula is C20H29N5O. The average molecular weight is 355 g/mol. The third-order valence-electron chi connectivity index (χ3n) is 5.06. The van der Waals surface area contributed by atoms with E-state index in [1.807, 2.05) is 14.0 Å². The van der Waals surface area contributed by atoms with E-state index in [1.54, 1.807) is 0 Å². The lowest BCUT2D eigenvalue weighted by Gasteiger charge is -2.39. The summed E-state index contributed by atoms with van der Waals surface area (Å²) >= 11 is 0. The zero-order chi connectivity index (χ0) is 18.4. The van der Waals surface area contributed by atoms with Crippen LogP contribution in [0.1, 0.15) is 43.0 Å². The van der Waals surface area contributed by atoms with Crippen LogP contribution >= 0.6 is 0 Å². The number of rotatable bonds is 5. The van der Waals surface area contributed by atoms with Gasteiger partial charge in [-0.2, -0.15) is 4.98 Å². The van der Waals surface area contributed by atoms with Gasteiger partial charge < -0.3 is 14.7 Å². The van der Waals surface area contributed by atoms with Gasteiger partial charge in [0.2, 0.25) is 5.89 Å². The highest BCUT2D eigenvalue weighted by Crippen LogP contribution is 2.32. The SMILES string of the molecule is CN=C(NCCCc1nc(C)no1)N1CCC(c2ccccc2)C(C)C1. The van der Waals surface area contributed by atoms with Crippen molar-refractivity contribution >= 4 is 5.96 Å². The Bertz CT molecular complexity index is 712. The van der Waals surface area contributed by atoms with Crippen molar-refractivity contribution in [1.82, 2.24) is 20.4 Å².